The van der Waals surface area contributed by atoms with Crippen LogP contribution in [0.15, 0.2) is 41.3 Å². The van der Waals surface area contributed by atoms with Gasteiger partial charge in [-0.05, 0) is 48.4 Å². The van der Waals surface area contributed by atoms with Crippen LogP contribution in [-0.4, -0.2) is 72.2 Å². The lowest BCUT2D eigenvalue weighted by Crippen LogP contribution is -2.40. The van der Waals surface area contributed by atoms with Crippen LogP contribution in [0.1, 0.15) is 22.3 Å². The second-order valence-electron chi connectivity index (χ2n) is 7.44. The zero-order chi connectivity index (χ0) is 24.7. The van der Waals surface area contributed by atoms with Crippen LogP contribution in [0.4, 0.5) is 5.69 Å². The first-order chi connectivity index (χ1) is 16.3. The number of nitrogens with one attached hydrogen (secondary N) is 1. The van der Waals surface area contributed by atoms with Crippen molar-refractivity contribution in [1.82, 2.24) is 4.31 Å². The zero-order valence-corrected chi connectivity index (χ0v) is 20.1. The molecule has 2 aromatic carbocycles. The molecule has 1 aliphatic rings. The van der Waals surface area contributed by atoms with Gasteiger partial charge in [-0.3, -0.25) is 4.79 Å². The number of amides is 1. The number of hydrogen-bond donors (Lipinski definition) is 1. The summed E-state index contributed by atoms with van der Waals surface area (Å²) in [6.07, 6.45) is 0.281. The Morgan fingerprint density at radius 1 is 1.00 bits per heavy atom. The van der Waals surface area contributed by atoms with Gasteiger partial charge in [0, 0.05) is 19.5 Å². The van der Waals surface area contributed by atoms with Crippen molar-refractivity contribution in [3.63, 3.8) is 0 Å². The predicted molar refractivity (Wildman–Crippen MR) is 124 cm³/mol. The minimum absolute atomic E-state index is 0.0447. The SMILES string of the molecule is COC(=O)c1ccc(OC)c(NC(=O)CCc2cc(S(=O)(=O)N3CCOCC3)ccc2OC)c1. The van der Waals surface area contributed by atoms with Crippen LogP contribution >= 0.6 is 0 Å². The van der Waals surface area contributed by atoms with Crippen molar-refractivity contribution in [3.05, 3.63) is 47.5 Å². The number of methoxy groups -OCH3 is 3. The van der Waals surface area contributed by atoms with Gasteiger partial charge >= 0.3 is 5.97 Å². The maximum Gasteiger partial charge on any atom is 0.337 e. The molecule has 1 N–H and O–H groups in total. The van der Waals surface area contributed by atoms with Crippen molar-refractivity contribution >= 4 is 27.6 Å². The van der Waals surface area contributed by atoms with E-state index in [4.69, 9.17) is 18.9 Å². The third-order valence-corrected chi connectivity index (χ3v) is 7.27. The molecule has 0 radical (unpaired) electrons. The Morgan fingerprint density at radius 3 is 2.32 bits per heavy atom. The Morgan fingerprint density at radius 2 is 1.68 bits per heavy atom. The van der Waals surface area contributed by atoms with E-state index < -0.39 is 16.0 Å². The third-order valence-electron chi connectivity index (χ3n) is 5.38. The molecular weight excluding hydrogens is 464 g/mol. The van der Waals surface area contributed by atoms with E-state index in [9.17, 15) is 18.0 Å². The molecule has 34 heavy (non-hydrogen) atoms. The fraction of sp³-hybridized carbons (Fsp3) is 0.391. The van der Waals surface area contributed by atoms with Gasteiger partial charge in [-0.25, -0.2) is 13.2 Å². The summed E-state index contributed by atoms with van der Waals surface area (Å²) in [4.78, 5) is 24.6. The summed E-state index contributed by atoms with van der Waals surface area (Å²) in [6, 6.07) is 9.18. The zero-order valence-electron chi connectivity index (χ0n) is 19.3. The van der Waals surface area contributed by atoms with Crippen molar-refractivity contribution in [3.8, 4) is 11.5 Å². The largest absolute Gasteiger partial charge is 0.496 e. The molecule has 1 fully saturated rings. The number of carbonyl (C=O) groups is 2. The van der Waals surface area contributed by atoms with Crippen LogP contribution in [0, 0.1) is 0 Å². The van der Waals surface area contributed by atoms with Gasteiger partial charge in [0.05, 0.1) is 50.7 Å². The Bertz CT molecular complexity index is 1140. The van der Waals surface area contributed by atoms with Crippen LogP contribution < -0.4 is 14.8 Å². The van der Waals surface area contributed by atoms with Gasteiger partial charge in [-0.1, -0.05) is 0 Å². The Kier molecular flexibility index (Phi) is 8.48. The molecule has 1 amide bonds. The normalized spacial score (nSPS) is 14.3. The highest BCUT2D eigenvalue weighted by molar-refractivity contribution is 7.89. The molecule has 0 saturated carbocycles. The smallest absolute Gasteiger partial charge is 0.337 e. The summed E-state index contributed by atoms with van der Waals surface area (Å²) in [6.45, 7) is 1.28. The van der Waals surface area contributed by atoms with Gasteiger partial charge in [-0.15, -0.1) is 0 Å². The van der Waals surface area contributed by atoms with E-state index in [0.29, 0.717) is 49.1 Å². The average molecular weight is 493 g/mol. The van der Waals surface area contributed by atoms with Crippen LogP contribution in [0.3, 0.4) is 0 Å². The first-order valence-electron chi connectivity index (χ1n) is 10.6. The topological polar surface area (TPSA) is 120 Å². The highest BCUT2D eigenvalue weighted by Gasteiger charge is 2.27. The van der Waals surface area contributed by atoms with Crippen LogP contribution in [0.5, 0.6) is 11.5 Å². The molecule has 2 aromatic rings. The van der Waals surface area contributed by atoms with E-state index >= 15 is 0 Å². The Labute approximate surface area is 198 Å². The molecule has 0 atom stereocenters. The van der Waals surface area contributed by atoms with Gasteiger partial charge in [0.15, 0.2) is 0 Å². The fourth-order valence-corrected chi connectivity index (χ4v) is 5.02. The van der Waals surface area contributed by atoms with Crippen molar-refractivity contribution in [1.29, 1.82) is 0 Å². The predicted octanol–water partition coefficient (Wildman–Crippen LogP) is 2.08. The number of carbonyl (C=O) groups excluding carboxylic acids is 2. The molecule has 1 heterocycles. The lowest BCUT2D eigenvalue weighted by atomic mass is 10.1. The molecule has 10 nitrogen and oxygen atoms in total. The summed E-state index contributed by atoms with van der Waals surface area (Å²) in [7, 11) is 0.522. The first-order valence-corrected chi connectivity index (χ1v) is 12.0. The number of aryl methyl sites for hydroxylation is 1. The molecule has 11 heteroatoms. The lowest BCUT2D eigenvalue weighted by Gasteiger charge is -2.26. The second kappa shape index (κ2) is 11.3. The van der Waals surface area contributed by atoms with E-state index in [2.05, 4.69) is 5.32 Å². The highest BCUT2D eigenvalue weighted by Crippen LogP contribution is 2.28. The van der Waals surface area contributed by atoms with Crippen molar-refractivity contribution < 1.29 is 37.0 Å². The lowest BCUT2D eigenvalue weighted by molar-refractivity contribution is -0.116. The molecule has 3 rings (SSSR count). The Balaban J connectivity index is 1.75. The van der Waals surface area contributed by atoms with Crippen molar-refractivity contribution in [2.24, 2.45) is 0 Å². The number of morpholine rings is 1. The quantitative estimate of drug-likeness (QED) is 0.529. The second-order valence-corrected chi connectivity index (χ2v) is 9.38. The number of anilines is 1. The summed E-state index contributed by atoms with van der Waals surface area (Å²) in [5.74, 6) is -0.0128. The molecular formula is C23H28N2O8S. The maximum absolute atomic E-state index is 13.0. The number of nitrogens with zero attached hydrogens (tertiary/aromatic N) is 1. The molecule has 1 saturated heterocycles. The summed E-state index contributed by atoms with van der Waals surface area (Å²) < 4.78 is 48.0. The third kappa shape index (κ3) is 5.85. The van der Waals surface area contributed by atoms with Crippen LogP contribution in [0.25, 0.3) is 0 Å². The first kappa shape index (κ1) is 25.5. The average Bonchev–Trinajstić information content (AvgIpc) is 2.87. The number of ether oxygens (including phenoxy) is 4. The number of sulfonamides is 1. The van der Waals surface area contributed by atoms with Gasteiger partial charge in [0.2, 0.25) is 15.9 Å². The van der Waals surface area contributed by atoms with Crippen molar-refractivity contribution in [2.45, 2.75) is 17.7 Å². The van der Waals surface area contributed by atoms with Gasteiger partial charge < -0.3 is 24.3 Å². The van der Waals surface area contributed by atoms with E-state index in [-0.39, 0.29) is 29.2 Å². The van der Waals surface area contributed by atoms with Gasteiger partial charge in [0.1, 0.15) is 11.5 Å². The van der Waals surface area contributed by atoms with Crippen LogP contribution in [0.2, 0.25) is 0 Å². The van der Waals surface area contributed by atoms with Crippen molar-refractivity contribution in [2.75, 3.05) is 52.9 Å². The van der Waals surface area contributed by atoms with Gasteiger partial charge in [0.25, 0.3) is 0 Å². The van der Waals surface area contributed by atoms with Crippen LogP contribution in [-0.2, 0) is 30.7 Å². The molecule has 0 aliphatic carbocycles. The highest BCUT2D eigenvalue weighted by atomic mass is 32.2. The molecule has 0 bridgehead atoms. The summed E-state index contributed by atoms with van der Waals surface area (Å²) in [5.41, 5.74) is 1.18. The van der Waals surface area contributed by atoms with E-state index in [1.165, 1.54) is 49.9 Å². The number of esters is 1. The Hall–Kier alpha value is -3.15. The maximum atomic E-state index is 13.0. The summed E-state index contributed by atoms with van der Waals surface area (Å²) >= 11 is 0. The fourth-order valence-electron chi connectivity index (χ4n) is 3.56. The molecule has 0 unspecified atom stereocenters. The number of benzene rings is 2. The summed E-state index contributed by atoms with van der Waals surface area (Å²) in [5, 5.41) is 2.73. The van der Waals surface area contributed by atoms with E-state index in [1.54, 1.807) is 12.1 Å². The minimum atomic E-state index is -3.68. The molecule has 0 aromatic heterocycles. The standard InChI is InChI=1S/C23H28N2O8S/c1-30-20-8-6-18(34(28,29)25-10-12-33-13-11-25)14-16(20)5-9-22(26)24-19-15-17(23(27)32-3)4-7-21(19)31-2/h4,6-8,14-15H,5,9-13H2,1-3H3,(H,24,26). The van der Waals surface area contributed by atoms with E-state index in [1.807, 2.05) is 0 Å². The number of rotatable bonds is 9. The molecule has 1 aliphatic heterocycles. The number of hydrogen-bond acceptors (Lipinski definition) is 8. The van der Waals surface area contributed by atoms with E-state index in [0.717, 1.165) is 0 Å². The minimum Gasteiger partial charge on any atom is -0.496 e. The monoisotopic (exact) mass is 492 g/mol. The molecule has 184 valence electrons. The van der Waals surface area contributed by atoms with Gasteiger partial charge in [-0.2, -0.15) is 4.31 Å². The molecule has 0 spiro atoms.